The number of ether oxygens (including phenoxy) is 1. The summed E-state index contributed by atoms with van der Waals surface area (Å²) in [6, 6.07) is 0. The van der Waals surface area contributed by atoms with Gasteiger partial charge in [0.05, 0.1) is 6.61 Å². The van der Waals surface area contributed by atoms with Crippen molar-refractivity contribution in [1.29, 1.82) is 0 Å². The third-order valence-electron chi connectivity index (χ3n) is 1.25. The number of aromatic nitrogens is 2. The van der Waals surface area contributed by atoms with Gasteiger partial charge in [-0.15, -0.1) is 0 Å². The first kappa shape index (κ1) is 11.1. The van der Waals surface area contributed by atoms with E-state index < -0.39 is 22.6 Å². The Hall–Kier alpha value is -0.940. The van der Waals surface area contributed by atoms with Crippen LogP contribution in [0.4, 0.5) is 4.39 Å². The van der Waals surface area contributed by atoms with Gasteiger partial charge in [-0.1, -0.05) is 11.6 Å². The van der Waals surface area contributed by atoms with Crippen LogP contribution in [0.5, 0.6) is 0 Å². The molecule has 0 saturated heterocycles. The van der Waals surface area contributed by atoms with Crippen LogP contribution >= 0.6 is 23.2 Å². The van der Waals surface area contributed by atoms with Crippen LogP contribution in [0.3, 0.4) is 0 Å². The summed E-state index contributed by atoms with van der Waals surface area (Å²) in [5.41, 5.74) is -0.558. The van der Waals surface area contributed by atoms with Crippen molar-refractivity contribution in [3.8, 4) is 0 Å². The second-order valence-corrected chi connectivity index (χ2v) is 2.86. The number of rotatable bonds is 2. The Balaban J connectivity index is 3.13. The van der Waals surface area contributed by atoms with Gasteiger partial charge in [-0.3, -0.25) is 0 Å². The van der Waals surface area contributed by atoms with E-state index in [2.05, 4.69) is 14.7 Å². The molecule has 1 aromatic rings. The molecule has 1 heterocycles. The molecular formula is C7H5Cl2FN2O2. The molecule has 0 unspecified atom stereocenters. The molecule has 0 saturated carbocycles. The second-order valence-electron chi connectivity index (χ2n) is 2.17. The summed E-state index contributed by atoms with van der Waals surface area (Å²) in [4.78, 5) is 17.8. The summed E-state index contributed by atoms with van der Waals surface area (Å²) in [5, 5.41) is -0.812. The Morgan fingerprint density at radius 3 is 2.71 bits per heavy atom. The van der Waals surface area contributed by atoms with Crippen molar-refractivity contribution in [1.82, 2.24) is 9.97 Å². The largest absolute Gasteiger partial charge is 0.461 e. The van der Waals surface area contributed by atoms with Gasteiger partial charge in [0.1, 0.15) is 0 Å². The van der Waals surface area contributed by atoms with E-state index in [1.807, 2.05) is 0 Å². The van der Waals surface area contributed by atoms with Crippen LogP contribution in [0.25, 0.3) is 0 Å². The summed E-state index contributed by atoms with van der Waals surface area (Å²) in [6.07, 6.45) is 0. The van der Waals surface area contributed by atoms with Crippen LogP contribution in [-0.2, 0) is 4.74 Å². The van der Waals surface area contributed by atoms with Gasteiger partial charge in [-0.05, 0) is 18.5 Å². The fourth-order valence-electron chi connectivity index (χ4n) is 0.729. The molecule has 0 radical (unpaired) electrons. The minimum Gasteiger partial charge on any atom is -0.461 e. The third kappa shape index (κ3) is 2.30. The Kier molecular flexibility index (Phi) is 3.60. The third-order valence-corrected chi connectivity index (χ3v) is 1.67. The number of nitrogens with zero attached hydrogens (tertiary/aromatic N) is 2. The predicted molar refractivity (Wildman–Crippen MR) is 48.0 cm³/mol. The van der Waals surface area contributed by atoms with Crippen molar-refractivity contribution < 1.29 is 13.9 Å². The molecule has 7 heteroatoms. The standard InChI is InChI=1S/C7H5Cl2FN2O2/c1-2-14-6(13)4-3(10)5(8)12-7(9)11-4/h2H2,1H3. The van der Waals surface area contributed by atoms with Gasteiger partial charge in [0, 0.05) is 0 Å². The summed E-state index contributed by atoms with van der Waals surface area (Å²) in [6.45, 7) is 1.69. The van der Waals surface area contributed by atoms with Crippen LogP contribution < -0.4 is 0 Å². The maximum Gasteiger partial charge on any atom is 0.360 e. The molecule has 0 bridgehead atoms. The molecule has 0 N–H and O–H groups in total. The van der Waals surface area contributed by atoms with Crippen LogP contribution in [0.1, 0.15) is 17.4 Å². The first-order valence-electron chi connectivity index (χ1n) is 3.62. The topological polar surface area (TPSA) is 52.1 Å². The van der Waals surface area contributed by atoms with Gasteiger partial charge < -0.3 is 4.74 Å². The minimum atomic E-state index is -1.03. The normalized spacial score (nSPS) is 10.0. The number of hydrogen-bond donors (Lipinski definition) is 0. The summed E-state index contributed by atoms with van der Waals surface area (Å²) in [5.74, 6) is -1.95. The molecule has 0 amide bonds. The molecule has 4 nitrogen and oxygen atoms in total. The van der Waals surface area contributed by atoms with E-state index >= 15 is 0 Å². The quantitative estimate of drug-likeness (QED) is 0.450. The van der Waals surface area contributed by atoms with Crippen molar-refractivity contribution >= 4 is 29.2 Å². The average molecular weight is 239 g/mol. The monoisotopic (exact) mass is 238 g/mol. The number of hydrogen-bond acceptors (Lipinski definition) is 4. The Labute approximate surface area is 89.0 Å². The smallest absolute Gasteiger partial charge is 0.360 e. The van der Waals surface area contributed by atoms with Crippen molar-refractivity contribution in [2.24, 2.45) is 0 Å². The maximum atomic E-state index is 13.1. The zero-order valence-corrected chi connectivity index (χ0v) is 8.56. The van der Waals surface area contributed by atoms with Crippen LogP contribution in [0, 0.1) is 5.82 Å². The van der Waals surface area contributed by atoms with E-state index in [-0.39, 0.29) is 11.9 Å². The molecule has 0 spiro atoms. The zero-order valence-electron chi connectivity index (χ0n) is 7.05. The van der Waals surface area contributed by atoms with Crippen LogP contribution in [0.2, 0.25) is 10.4 Å². The molecule has 14 heavy (non-hydrogen) atoms. The highest BCUT2D eigenvalue weighted by atomic mass is 35.5. The lowest BCUT2D eigenvalue weighted by molar-refractivity contribution is 0.0513. The van der Waals surface area contributed by atoms with Gasteiger partial charge >= 0.3 is 5.97 Å². The molecular weight excluding hydrogens is 234 g/mol. The number of carbonyl (C=O) groups excluding carboxylic acids is 1. The second kappa shape index (κ2) is 4.52. The Morgan fingerprint density at radius 1 is 1.50 bits per heavy atom. The van der Waals surface area contributed by atoms with Gasteiger partial charge in [0.15, 0.2) is 16.7 Å². The number of esters is 1. The van der Waals surface area contributed by atoms with E-state index in [0.29, 0.717) is 0 Å². The summed E-state index contributed by atoms with van der Waals surface area (Å²) >= 11 is 10.7. The zero-order chi connectivity index (χ0) is 10.7. The first-order chi connectivity index (χ1) is 6.56. The Bertz CT molecular complexity index is 373. The first-order valence-corrected chi connectivity index (χ1v) is 4.37. The fraction of sp³-hybridized carbons (Fsp3) is 0.286. The van der Waals surface area contributed by atoms with Crippen molar-refractivity contribution in [3.05, 3.63) is 21.9 Å². The van der Waals surface area contributed by atoms with E-state index in [0.717, 1.165) is 0 Å². The molecule has 0 fully saturated rings. The van der Waals surface area contributed by atoms with Crippen molar-refractivity contribution in [2.75, 3.05) is 6.61 Å². The van der Waals surface area contributed by atoms with Crippen LogP contribution in [0.15, 0.2) is 0 Å². The molecule has 0 atom stereocenters. The average Bonchev–Trinajstić information content (AvgIpc) is 2.11. The molecule has 0 aliphatic carbocycles. The highest BCUT2D eigenvalue weighted by molar-refractivity contribution is 6.32. The molecule has 0 aromatic carbocycles. The Morgan fingerprint density at radius 2 is 2.14 bits per heavy atom. The lowest BCUT2D eigenvalue weighted by atomic mass is 10.4. The molecule has 76 valence electrons. The molecule has 1 aromatic heterocycles. The maximum absolute atomic E-state index is 13.1. The molecule has 0 aliphatic heterocycles. The lowest BCUT2D eigenvalue weighted by Gasteiger charge is -2.02. The van der Waals surface area contributed by atoms with Gasteiger partial charge in [0.2, 0.25) is 5.28 Å². The number of carbonyl (C=O) groups is 1. The van der Waals surface area contributed by atoms with Gasteiger partial charge in [-0.2, -0.15) is 0 Å². The van der Waals surface area contributed by atoms with Crippen LogP contribution in [-0.4, -0.2) is 22.5 Å². The summed E-state index contributed by atoms with van der Waals surface area (Å²) < 4.78 is 17.7. The molecule has 0 aliphatic rings. The van der Waals surface area contributed by atoms with E-state index in [1.165, 1.54) is 0 Å². The highest BCUT2D eigenvalue weighted by Gasteiger charge is 2.19. The van der Waals surface area contributed by atoms with Gasteiger partial charge in [0.25, 0.3) is 0 Å². The van der Waals surface area contributed by atoms with E-state index in [4.69, 9.17) is 23.2 Å². The summed E-state index contributed by atoms with van der Waals surface area (Å²) in [7, 11) is 0. The predicted octanol–water partition coefficient (Wildman–Crippen LogP) is 2.10. The lowest BCUT2D eigenvalue weighted by Crippen LogP contribution is -2.11. The van der Waals surface area contributed by atoms with Crippen molar-refractivity contribution in [2.45, 2.75) is 6.92 Å². The van der Waals surface area contributed by atoms with Crippen molar-refractivity contribution in [3.63, 3.8) is 0 Å². The minimum absolute atomic E-state index is 0.109. The van der Waals surface area contributed by atoms with E-state index in [1.54, 1.807) is 6.92 Å². The van der Waals surface area contributed by atoms with E-state index in [9.17, 15) is 9.18 Å². The highest BCUT2D eigenvalue weighted by Crippen LogP contribution is 2.17. The fourth-order valence-corrected chi connectivity index (χ4v) is 1.11. The van der Waals surface area contributed by atoms with Gasteiger partial charge in [-0.25, -0.2) is 19.2 Å². The molecule has 1 rings (SSSR count). The SMILES string of the molecule is CCOC(=O)c1nc(Cl)nc(Cl)c1F. The number of halogens is 3.